The Morgan fingerprint density at radius 2 is 1.26 bits per heavy atom. The molecule has 39 heavy (non-hydrogen) atoms. The van der Waals surface area contributed by atoms with Gasteiger partial charge in [0.2, 0.25) is 17.7 Å². The van der Waals surface area contributed by atoms with Crippen molar-refractivity contribution in [2.24, 2.45) is 22.2 Å². The number of carbonyl (C=O) groups excluding carboxylic acids is 3. The van der Waals surface area contributed by atoms with E-state index in [1.807, 2.05) is 0 Å². The first-order chi connectivity index (χ1) is 18.3. The van der Waals surface area contributed by atoms with E-state index in [4.69, 9.17) is 17.2 Å². The maximum atomic E-state index is 12.8. The molecule has 1 aromatic carbocycles. The van der Waals surface area contributed by atoms with Gasteiger partial charge in [-0.3, -0.25) is 29.0 Å². The molecule has 1 aromatic rings. The van der Waals surface area contributed by atoms with Gasteiger partial charge >= 0.3 is 17.9 Å². The molecule has 1 rings (SSSR count). The average Bonchev–Trinajstić information content (AvgIpc) is 2.84. The maximum absolute atomic E-state index is 12.8. The highest BCUT2D eigenvalue weighted by Crippen LogP contribution is 2.06. The first kappa shape index (κ1) is 32.3. The predicted molar refractivity (Wildman–Crippen MR) is 136 cm³/mol. The van der Waals surface area contributed by atoms with Crippen LogP contribution in [0.3, 0.4) is 0 Å². The molecule has 0 aromatic heterocycles. The van der Waals surface area contributed by atoms with Crippen LogP contribution in [-0.4, -0.2) is 87.6 Å². The highest BCUT2D eigenvalue weighted by atomic mass is 16.4. The molecule has 16 nitrogen and oxygen atoms in total. The van der Waals surface area contributed by atoms with Gasteiger partial charge in [-0.15, -0.1) is 0 Å². The van der Waals surface area contributed by atoms with Crippen LogP contribution in [0.1, 0.15) is 31.2 Å². The summed E-state index contributed by atoms with van der Waals surface area (Å²) in [6.07, 6.45) is -1.60. The molecule has 4 atom stereocenters. The number of aliphatic carboxylic acids is 3. The molecule has 4 unspecified atom stereocenters. The number of benzene rings is 1. The molecule has 0 heterocycles. The lowest BCUT2D eigenvalue weighted by molar-refractivity contribution is -0.145. The summed E-state index contributed by atoms with van der Waals surface area (Å²) in [7, 11) is 0. The lowest BCUT2D eigenvalue weighted by atomic mass is 10.0. The van der Waals surface area contributed by atoms with Gasteiger partial charge in [0.15, 0.2) is 5.96 Å². The normalized spacial score (nSPS) is 13.6. The van der Waals surface area contributed by atoms with Crippen molar-refractivity contribution >= 4 is 41.6 Å². The quantitative estimate of drug-likeness (QED) is 0.0535. The second-order valence-corrected chi connectivity index (χ2v) is 8.46. The molecule has 0 spiro atoms. The Kier molecular flexibility index (Phi) is 13.4. The Balaban J connectivity index is 2.95. The number of amides is 3. The summed E-state index contributed by atoms with van der Waals surface area (Å²) in [4.78, 5) is 76.1. The van der Waals surface area contributed by atoms with E-state index in [0.717, 1.165) is 0 Å². The molecule has 16 heteroatoms. The van der Waals surface area contributed by atoms with E-state index in [-0.39, 0.29) is 25.3 Å². The monoisotopic (exact) mass is 551 g/mol. The number of guanidine groups is 1. The topological polar surface area (TPSA) is 290 Å². The minimum absolute atomic E-state index is 0.0893. The smallest absolute Gasteiger partial charge is 0.326 e. The van der Waals surface area contributed by atoms with Gasteiger partial charge in [-0.25, -0.2) is 4.79 Å². The van der Waals surface area contributed by atoms with Crippen LogP contribution in [-0.2, 0) is 35.2 Å². The molecule has 0 aliphatic heterocycles. The minimum atomic E-state index is -1.78. The van der Waals surface area contributed by atoms with E-state index in [0.29, 0.717) is 12.0 Å². The number of aliphatic imine (C=N–C) groups is 1. The second-order valence-electron chi connectivity index (χ2n) is 8.46. The van der Waals surface area contributed by atoms with E-state index >= 15 is 0 Å². The number of carboxylic acids is 3. The van der Waals surface area contributed by atoms with Crippen LogP contribution in [0.5, 0.6) is 0 Å². The summed E-state index contributed by atoms with van der Waals surface area (Å²) in [6.45, 7) is 0.177. The van der Waals surface area contributed by atoms with Crippen LogP contribution in [0.25, 0.3) is 0 Å². The van der Waals surface area contributed by atoms with Crippen LogP contribution in [0.2, 0.25) is 0 Å². The Bertz CT molecular complexity index is 1060. The van der Waals surface area contributed by atoms with Gasteiger partial charge in [0.05, 0.1) is 18.9 Å². The fraction of sp³-hybridized carbons (Fsp3) is 0.435. The lowest BCUT2D eigenvalue weighted by Crippen LogP contribution is -2.58. The molecule has 0 radical (unpaired) electrons. The SMILES string of the molecule is NC(N)=NCCCC(N)C(=O)NC(CC(=O)O)C(=O)NC(CC(=O)O)C(=O)NC(Cc1ccccc1)C(=O)O. The molecule has 12 N–H and O–H groups in total. The van der Waals surface area contributed by atoms with Crippen LogP contribution >= 0.6 is 0 Å². The van der Waals surface area contributed by atoms with Crippen LogP contribution in [0, 0.1) is 0 Å². The molecule has 214 valence electrons. The summed E-state index contributed by atoms with van der Waals surface area (Å²) >= 11 is 0. The number of carbonyl (C=O) groups is 6. The lowest BCUT2D eigenvalue weighted by Gasteiger charge is -2.24. The highest BCUT2D eigenvalue weighted by Gasteiger charge is 2.32. The Labute approximate surface area is 223 Å². The van der Waals surface area contributed by atoms with Crippen molar-refractivity contribution in [2.75, 3.05) is 6.54 Å². The van der Waals surface area contributed by atoms with E-state index < -0.39 is 72.6 Å². The number of carboxylic acid groups (broad SMARTS) is 3. The number of nitrogens with two attached hydrogens (primary N) is 3. The van der Waals surface area contributed by atoms with E-state index in [1.54, 1.807) is 30.3 Å². The summed E-state index contributed by atoms with van der Waals surface area (Å²) in [5, 5.41) is 34.3. The van der Waals surface area contributed by atoms with Crippen LogP contribution in [0.4, 0.5) is 0 Å². The Hall–Kier alpha value is -4.73. The van der Waals surface area contributed by atoms with Crippen molar-refractivity contribution in [3.63, 3.8) is 0 Å². The van der Waals surface area contributed by atoms with Crippen molar-refractivity contribution in [3.8, 4) is 0 Å². The zero-order valence-electron chi connectivity index (χ0n) is 20.9. The molecular formula is C23H33N7O9. The zero-order valence-corrected chi connectivity index (χ0v) is 20.9. The molecule has 0 fully saturated rings. The van der Waals surface area contributed by atoms with Crippen LogP contribution in [0.15, 0.2) is 35.3 Å². The standard InChI is InChI=1S/C23H33N7O9/c24-13(7-4-8-27-23(25)26)19(35)28-14(10-17(31)32)20(36)29-15(11-18(33)34)21(37)30-16(22(38)39)9-12-5-2-1-3-6-12/h1-3,5-6,13-16H,4,7-11,24H2,(H,28,35)(H,29,36)(H,30,37)(H,31,32)(H,33,34)(H,38,39)(H4,25,26,27). The number of hydrogen-bond acceptors (Lipinski definition) is 8. The fourth-order valence-corrected chi connectivity index (χ4v) is 3.29. The molecule has 0 saturated carbocycles. The van der Waals surface area contributed by atoms with Gasteiger partial charge in [-0.05, 0) is 18.4 Å². The van der Waals surface area contributed by atoms with Gasteiger partial charge in [-0.2, -0.15) is 0 Å². The largest absolute Gasteiger partial charge is 0.481 e. The van der Waals surface area contributed by atoms with Crippen molar-refractivity contribution in [3.05, 3.63) is 35.9 Å². The summed E-state index contributed by atoms with van der Waals surface area (Å²) in [5.41, 5.74) is 16.8. The zero-order chi connectivity index (χ0) is 29.5. The maximum Gasteiger partial charge on any atom is 0.326 e. The molecule has 0 bridgehead atoms. The third-order valence-corrected chi connectivity index (χ3v) is 5.23. The Morgan fingerprint density at radius 3 is 1.72 bits per heavy atom. The highest BCUT2D eigenvalue weighted by molar-refractivity contribution is 5.96. The molecule has 0 saturated heterocycles. The van der Waals surface area contributed by atoms with Crippen molar-refractivity contribution in [1.82, 2.24) is 16.0 Å². The second kappa shape index (κ2) is 16.2. The van der Waals surface area contributed by atoms with Crippen molar-refractivity contribution in [1.29, 1.82) is 0 Å². The molecule has 0 aliphatic carbocycles. The van der Waals surface area contributed by atoms with Gasteiger partial charge in [0.1, 0.15) is 18.1 Å². The van der Waals surface area contributed by atoms with Gasteiger partial charge in [-0.1, -0.05) is 30.3 Å². The number of nitrogens with zero attached hydrogens (tertiary/aromatic N) is 1. The summed E-state index contributed by atoms with van der Waals surface area (Å²) in [6, 6.07) is 2.17. The molecular weight excluding hydrogens is 518 g/mol. The van der Waals surface area contributed by atoms with E-state index in [1.165, 1.54) is 0 Å². The summed E-state index contributed by atoms with van der Waals surface area (Å²) < 4.78 is 0. The number of hydrogen-bond donors (Lipinski definition) is 9. The third kappa shape index (κ3) is 12.9. The number of nitrogens with one attached hydrogen (secondary N) is 3. The average molecular weight is 552 g/mol. The first-order valence-corrected chi connectivity index (χ1v) is 11.7. The van der Waals surface area contributed by atoms with Crippen LogP contribution < -0.4 is 33.2 Å². The summed E-state index contributed by atoms with van der Waals surface area (Å²) in [5.74, 6) is -7.75. The van der Waals surface area contributed by atoms with Crippen molar-refractivity contribution in [2.45, 2.75) is 56.3 Å². The van der Waals surface area contributed by atoms with Gasteiger partial charge in [0, 0.05) is 13.0 Å². The minimum Gasteiger partial charge on any atom is -0.481 e. The molecule has 3 amide bonds. The number of rotatable bonds is 17. The van der Waals surface area contributed by atoms with Gasteiger partial charge in [0.25, 0.3) is 0 Å². The van der Waals surface area contributed by atoms with E-state index in [2.05, 4.69) is 20.9 Å². The predicted octanol–water partition coefficient (Wildman–Crippen LogP) is -2.90. The van der Waals surface area contributed by atoms with Crippen molar-refractivity contribution < 1.29 is 44.1 Å². The molecule has 0 aliphatic rings. The fourth-order valence-electron chi connectivity index (χ4n) is 3.29. The third-order valence-electron chi connectivity index (χ3n) is 5.23. The Morgan fingerprint density at radius 1 is 0.769 bits per heavy atom. The first-order valence-electron chi connectivity index (χ1n) is 11.7. The van der Waals surface area contributed by atoms with Gasteiger partial charge < -0.3 is 48.5 Å². The van der Waals surface area contributed by atoms with E-state index in [9.17, 15) is 44.1 Å².